The van der Waals surface area contributed by atoms with Gasteiger partial charge in [0.1, 0.15) is 11.8 Å². The van der Waals surface area contributed by atoms with Gasteiger partial charge >= 0.3 is 6.18 Å². The first-order valence-corrected chi connectivity index (χ1v) is 4.30. The Morgan fingerprint density at radius 2 is 2.00 bits per heavy atom. The molecular formula is C9H6F5N3. The molecule has 0 fully saturated rings. The summed E-state index contributed by atoms with van der Waals surface area (Å²) < 4.78 is 62.3. The molecule has 0 atom stereocenters. The predicted octanol–water partition coefficient (Wildman–Crippen LogP) is 2.37. The molecule has 92 valence electrons. The van der Waals surface area contributed by atoms with Gasteiger partial charge in [0.2, 0.25) is 0 Å². The maximum atomic E-state index is 12.5. The minimum Gasteiger partial charge on any atom is -0.326 e. The van der Waals surface area contributed by atoms with Crippen LogP contribution in [0.15, 0.2) is 6.20 Å². The first-order valence-electron chi connectivity index (χ1n) is 4.30. The van der Waals surface area contributed by atoms with Crippen LogP contribution in [0.25, 0.3) is 0 Å². The van der Waals surface area contributed by atoms with Crippen LogP contribution in [0.5, 0.6) is 0 Å². The molecule has 0 aromatic carbocycles. The lowest BCUT2D eigenvalue weighted by Crippen LogP contribution is -2.15. The maximum Gasteiger partial charge on any atom is 0.419 e. The lowest BCUT2D eigenvalue weighted by Gasteiger charge is -2.13. The second kappa shape index (κ2) is 4.63. The Labute approximate surface area is 92.7 Å². The number of rotatable bonds is 2. The van der Waals surface area contributed by atoms with E-state index < -0.39 is 41.5 Å². The summed E-state index contributed by atoms with van der Waals surface area (Å²) in [6.45, 7) is -0.612. The molecule has 1 rings (SSSR count). The standard InChI is InChI=1S/C9H6F5N3/c10-8(11)7-5(2-16)4(1-15)6(3-17-7)9(12,13)14/h3,8H,2,16H2. The Kier molecular flexibility index (Phi) is 3.63. The van der Waals surface area contributed by atoms with E-state index in [0.717, 1.165) is 0 Å². The van der Waals surface area contributed by atoms with E-state index in [1.54, 1.807) is 0 Å². The largest absolute Gasteiger partial charge is 0.419 e. The lowest BCUT2D eigenvalue weighted by molar-refractivity contribution is -0.138. The van der Waals surface area contributed by atoms with Gasteiger partial charge in [-0.25, -0.2) is 8.78 Å². The highest BCUT2D eigenvalue weighted by atomic mass is 19.4. The summed E-state index contributed by atoms with van der Waals surface area (Å²) in [5, 5.41) is 8.62. The highest BCUT2D eigenvalue weighted by Gasteiger charge is 2.36. The summed E-state index contributed by atoms with van der Waals surface area (Å²) in [5.74, 6) is 0. The quantitative estimate of drug-likeness (QED) is 0.820. The van der Waals surface area contributed by atoms with E-state index in [9.17, 15) is 22.0 Å². The average molecular weight is 251 g/mol. The zero-order chi connectivity index (χ0) is 13.2. The molecule has 8 heteroatoms. The van der Waals surface area contributed by atoms with Crippen molar-refractivity contribution < 1.29 is 22.0 Å². The number of nitrogens with two attached hydrogens (primary N) is 1. The number of halogens is 5. The Morgan fingerprint density at radius 1 is 1.41 bits per heavy atom. The van der Waals surface area contributed by atoms with E-state index in [-0.39, 0.29) is 6.20 Å². The first kappa shape index (κ1) is 13.3. The average Bonchev–Trinajstić information content (AvgIpc) is 2.25. The van der Waals surface area contributed by atoms with Gasteiger partial charge in [-0.1, -0.05) is 0 Å². The van der Waals surface area contributed by atoms with Crippen molar-refractivity contribution in [2.24, 2.45) is 5.73 Å². The molecule has 0 amide bonds. The number of hydrogen-bond acceptors (Lipinski definition) is 3. The van der Waals surface area contributed by atoms with E-state index in [1.807, 2.05) is 0 Å². The molecule has 0 spiro atoms. The van der Waals surface area contributed by atoms with Gasteiger partial charge in [-0.05, 0) is 0 Å². The lowest BCUT2D eigenvalue weighted by atomic mass is 10.0. The summed E-state index contributed by atoms with van der Waals surface area (Å²) in [7, 11) is 0. The fourth-order valence-electron chi connectivity index (χ4n) is 1.30. The molecule has 2 N–H and O–H groups in total. The zero-order valence-electron chi connectivity index (χ0n) is 8.22. The third kappa shape index (κ3) is 2.50. The normalized spacial score (nSPS) is 11.6. The summed E-state index contributed by atoms with van der Waals surface area (Å²) in [5.41, 5.74) is 1.37. The van der Waals surface area contributed by atoms with Crippen LogP contribution in [0.3, 0.4) is 0 Å². The third-order valence-corrected chi connectivity index (χ3v) is 2.04. The summed E-state index contributed by atoms with van der Waals surface area (Å²) in [6, 6.07) is 1.24. The van der Waals surface area contributed by atoms with Crippen LogP contribution in [-0.4, -0.2) is 4.98 Å². The summed E-state index contributed by atoms with van der Waals surface area (Å²) >= 11 is 0. The number of nitriles is 1. The minimum atomic E-state index is -4.83. The summed E-state index contributed by atoms with van der Waals surface area (Å²) in [4.78, 5) is 3.02. The molecule has 0 bridgehead atoms. The Bertz CT molecular complexity index is 461. The van der Waals surface area contributed by atoms with E-state index in [0.29, 0.717) is 0 Å². The molecule has 0 aliphatic carbocycles. The predicted molar refractivity (Wildman–Crippen MR) is 46.8 cm³/mol. The van der Waals surface area contributed by atoms with Gasteiger partial charge in [0.15, 0.2) is 0 Å². The SMILES string of the molecule is N#Cc1c(C(F)(F)F)cnc(C(F)F)c1CN. The van der Waals surface area contributed by atoms with Crippen LogP contribution >= 0.6 is 0 Å². The second-order valence-electron chi connectivity index (χ2n) is 3.03. The molecule has 1 heterocycles. The van der Waals surface area contributed by atoms with Crippen LogP contribution < -0.4 is 5.73 Å². The molecule has 0 radical (unpaired) electrons. The molecule has 0 saturated heterocycles. The first-order chi connectivity index (χ1) is 7.82. The molecule has 0 aliphatic heterocycles. The Hall–Kier alpha value is -1.75. The van der Waals surface area contributed by atoms with Crippen LogP contribution in [-0.2, 0) is 12.7 Å². The summed E-state index contributed by atoms with van der Waals surface area (Å²) in [6.07, 6.45) is -7.69. The second-order valence-corrected chi connectivity index (χ2v) is 3.03. The van der Waals surface area contributed by atoms with E-state index in [4.69, 9.17) is 11.0 Å². The van der Waals surface area contributed by atoms with Crippen LogP contribution in [0.4, 0.5) is 22.0 Å². The number of hydrogen-bond donors (Lipinski definition) is 1. The van der Waals surface area contributed by atoms with Crippen LogP contribution in [0, 0.1) is 11.3 Å². The molecule has 0 unspecified atom stereocenters. The van der Waals surface area contributed by atoms with Crippen molar-refractivity contribution in [2.45, 2.75) is 19.1 Å². The molecule has 0 saturated carbocycles. The van der Waals surface area contributed by atoms with Crippen molar-refractivity contribution in [3.8, 4) is 6.07 Å². The maximum absolute atomic E-state index is 12.5. The number of alkyl halides is 5. The van der Waals surface area contributed by atoms with Crippen molar-refractivity contribution in [3.63, 3.8) is 0 Å². The van der Waals surface area contributed by atoms with Gasteiger partial charge < -0.3 is 5.73 Å². The fraction of sp³-hybridized carbons (Fsp3) is 0.333. The van der Waals surface area contributed by atoms with Crippen molar-refractivity contribution in [2.75, 3.05) is 0 Å². The molecule has 1 aromatic rings. The third-order valence-electron chi connectivity index (χ3n) is 2.04. The molecule has 3 nitrogen and oxygen atoms in total. The van der Waals surface area contributed by atoms with Gasteiger partial charge in [-0.2, -0.15) is 18.4 Å². The molecule has 1 aromatic heterocycles. The Balaban J connectivity index is 3.56. The number of aromatic nitrogens is 1. The van der Waals surface area contributed by atoms with E-state index in [2.05, 4.69) is 4.98 Å². The van der Waals surface area contributed by atoms with E-state index >= 15 is 0 Å². The van der Waals surface area contributed by atoms with Crippen molar-refractivity contribution >= 4 is 0 Å². The van der Waals surface area contributed by atoms with Crippen LogP contribution in [0.2, 0.25) is 0 Å². The van der Waals surface area contributed by atoms with Crippen molar-refractivity contribution in [1.29, 1.82) is 5.26 Å². The Morgan fingerprint density at radius 3 is 2.35 bits per heavy atom. The smallest absolute Gasteiger partial charge is 0.326 e. The highest BCUT2D eigenvalue weighted by molar-refractivity contribution is 5.47. The van der Waals surface area contributed by atoms with Gasteiger partial charge in [0.25, 0.3) is 6.43 Å². The molecule has 17 heavy (non-hydrogen) atoms. The van der Waals surface area contributed by atoms with Gasteiger partial charge in [0.05, 0.1) is 11.1 Å². The molecule has 0 aliphatic rings. The minimum absolute atomic E-state index is 0.221. The van der Waals surface area contributed by atoms with E-state index in [1.165, 1.54) is 6.07 Å². The fourth-order valence-corrected chi connectivity index (χ4v) is 1.30. The van der Waals surface area contributed by atoms with Crippen LogP contribution in [0.1, 0.15) is 28.8 Å². The number of pyridine rings is 1. The topological polar surface area (TPSA) is 62.7 Å². The van der Waals surface area contributed by atoms with Gasteiger partial charge in [0, 0.05) is 18.3 Å². The van der Waals surface area contributed by atoms with Gasteiger partial charge in [-0.3, -0.25) is 4.98 Å². The van der Waals surface area contributed by atoms with Gasteiger partial charge in [-0.15, -0.1) is 0 Å². The number of nitrogens with zero attached hydrogens (tertiary/aromatic N) is 2. The zero-order valence-corrected chi connectivity index (χ0v) is 8.22. The van der Waals surface area contributed by atoms with Crippen molar-refractivity contribution in [3.05, 3.63) is 28.6 Å². The monoisotopic (exact) mass is 251 g/mol. The van der Waals surface area contributed by atoms with Crippen molar-refractivity contribution in [1.82, 2.24) is 4.98 Å². The molecular weight excluding hydrogens is 245 g/mol. The highest BCUT2D eigenvalue weighted by Crippen LogP contribution is 2.34.